The molecule has 4 rings (SSSR count). The molecule has 2 amide bonds. The third kappa shape index (κ3) is 5.32. The van der Waals surface area contributed by atoms with Crippen LogP contribution in [0.25, 0.3) is 21.7 Å². The number of hydrogen-bond acceptors (Lipinski definition) is 6. The average Bonchev–Trinajstić information content (AvgIpc) is 3.22. The number of anilines is 1. The minimum Gasteiger partial charge on any atom is -0.616 e. The van der Waals surface area contributed by atoms with Gasteiger partial charge in [0, 0.05) is 11.3 Å². The van der Waals surface area contributed by atoms with Crippen molar-refractivity contribution in [1.82, 2.24) is 14.9 Å². The molecule has 34 heavy (non-hydrogen) atoms. The van der Waals surface area contributed by atoms with Crippen LogP contribution in [0, 0.1) is 18.3 Å². The second kappa shape index (κ2) is 9.61. The number of thiazole rings is 1. The maximum Gasteiger partial charge on any atom is 0.433 e. The minimum atomic E-state index is -4.63. The number of nitrogens with zero attached hydrogens (tertiary/aromatic N) is 4. The normalized spacial score (nSPS) is 14.6. The number of amides is 2. The van der Waals surface area contributed by atoms with Gasteiger partial charge in [-0.2, -0.15) is 18.4 Å². The first kappa shape index (κ1) is 24.0. The summed E-state index contributed by atoms with van der Waals surface area (Å²) in [7, 11) is 0. The highest BCUT2D eigenvalue weighted by Gasteiger charge is 2.33. The lowest BCUT2D eigenvalue weighted by atomic mass is 10.0. The first-order chi connectivity index (χ1) is 16.1. The number of urea groups is 1. The summed E-state index contributed by atoms with van der Waals surface area (Å²) < 4.78 is 51.8. The van der Waals surface area contributed by atoms with Crippen molar-refractivity contribution in [3.63, 3.8) is 0 Å². The fourth-order valence-corrected chi connectivity index (χ4v) is 5.47. The predicted molar refractivity (Wildman–Crippen MR) is 124 cm³/mol. The van der Waals surface area contributed by atoms with Gasteiger partial charge in [0.2, 0.25) is 0 Å². The maximum atomic E-state index is 13.4. The van der Waals surface area contributed by atoms with Crippen molar-refractivity contribution in [1.29, 1.82) is 5.26 Å². The number of pyridine rings is 1. The Morgan fingerprint density at radius 3 is 2.62 bits per heavy atom. The molecule has 0 aliphatic carbocycles. The van der Waals surface area contributed by atoms with Crippen LogP contribution in [0.4, 0.5) is 23.1 Å². The molecule has 1 aliphatic heterocycles. The van der Waals surface area contributed by atoms with E-state index in [9.17, 15) is 27.8 Å². The third-order valence-corrected chi connectivity index (χ3v) is 7.37. The van der Waals surface area contributed by atoms with Gasteiger partial charge in [0.25, 0.3) is 0 Å². The first-order valence-electron chi connectivity index (χ1n) is 10.1. The van der Waals surface area contributed by atoms with Crippen LogP contribution in [0.3, 0.4) is 0 Å². The minimum absolute atomic E-state index is 0.182. The van der Waals surface area contributed by atoms with E-state index in [0.29, 0.717) is 46.3 Å². The zero-order chi connectivity index (χ0) is 24.5. The molecule has 1 N–H and O–H groups in total. The highest BCUT2D eigenvalue weighted by molar-refractivity contribution is 7.91. The molecule has 3 aromatic rings. The lowest BCUT2D eigenvalue weighted by molar-refractivity contribution is -0.141. The fourth-order valence-electron chi connectivity index (χ4n) is 3.46. The van der Waals surface area contributed by atoms with Crippen molar-refractivity contribution in [2.75, 3.05) is 29.9 Å². The Balaban J connectivity index is 1.76. The molecule has 2 aromatic heterocycles. The molecule has 0 unspecified atom stereocenters. The van der Waals surface area contributed by atoms with Crippen LogP contribution >= 0.6 is 11.3 Å². The van der Waals surface area contributed by atoms with Crippen molar-refractivity contribution in [3.05, 3.63) is 53.3 Å². The zero-order valence-corrected chi connectivity index (χ0v) is 19.5. The van der Waals surface area contributed by atoms with Crippen molar-refractivity contribution in [3.8, 4) is 27.8 Å². The number of rotatable bonds is 3. The van der Waals surface area contributed by atoms with Crippen LogP contribution in [0.15, 0.2) is 36.4 Å². The molecular formula is C22H18F3N5O2S2. The molecule has 1 aromatic carbocycles. The van der Waals surface area contributed by atoms with Crippen LogP contribution in [0.2, 0.25) is 0 Å². The molecule has 0 spiro atoms. The topological polar surface area (TPSA) is 105 Å². The molecule has 0 bridgehead atoms. The number of halogens is 3. The van der Waals surface area contributed by atoms with Crippen LogP contribution in [-0.2, 0) is 17.4 Å². The van der Waals surface area contributed by atoms with Crippen molar-refractivity contribution in [2.45, 2.75) is 13.1 Å². The summed E-state index contributed by atoms with van der Waals surface area (Å²) in [5.41, 5.74) is 0.647. The summed E-state index contributed by atoms with van der Waals surface area (Å²) in [6.07, 6.45) is -4.63. The van der Waals surface area contributed by atoms with Crippen molar-refractivity contribution in [2.24, 2.45) is 0 Å². The van der Waals surface area contributed by atoms with Crippen molar-refractivity contribution >= 4 is 33.7 Å². The summed E-state index contributed by atoms with van der Waals surface area (Å²) >= 11 is 0.0866. The number of aryl methyl sites for hydroxylation is 1. The number of carbonyl (C=O) groups excluding carboxylic acids is 1. The summed E-state index contributed by atoms with van der Waals surface area (Å²) in [5, 5.41) is 12.2. The molecule has 0 radical (unpaired) electrons. The van der Waals surface area contributed by atoms with Crippen LogP contribution in [0.5, 0.6) is 0 Å². The number of aromatic nitrogens is 2. The van der Waals surface area contributed by atoms with E-state index in [1.807, 2.05) is 6.07 Å². The Kier molecular flexibility index (Phi) is 6.79. The van der Waals surface area contributed by atoms with Gasteiger partial charge in [-0.05, 0) is 36.8 Å². The Morgan fingerprint density at radius 1 is 1.21 bits per heavy atom. The monoisotopic (exact) mass is 505 g/mol. The molecule has 12 heteroatoms. The zero-order valence-electron chi connectivity index (χ0n) is 17.8. The Morgan fingerprint density at radius 2 is 1.94 bits per heavy atom. The van der Waals surface area contributed by atoms with E-state index in [4.69, 9.17) is 0 Å². The number of nitrogens with one attached hydrogen (secondary N) is 1. The SMILES string of the molecule is Cc1cc(-c2sc(NC(=O)N3CC[S+]([O-])CC3)nc2-c2cccc(C#N)c2)cc(C(F)(F)F)n1. The van der Waals surface area contributed by atoms with E-state index in [0.717, 1.165) is 17.4 Å². The number of benzene rings is 1. The smallest absolute Gasteiger partial charge is 0.433 e. The molecule has 7 nitrogen and oxygen atoms in total. The Hall–Kier alpha value is -3.14. The predicted octanol–water partition coefficient (Wildman–Crippen LogP) is 4.67. The van der Waals surface area contributed by atoms with Gasteiger partial charge < -0.3 is 9.45 Å². The summed E-state index contributed by atoms with van der Waals surface area (Å²) in [4.78, 5) is 22.7. The van der Waals surface area contributed by atoms with Gasteiger partial charge in [-0.25, -0.2) is 14.8 Å². The molecule has 176 valence electrons. The van der Waals surface area contributed by atoms with Crippen LogP contribution < -0.4 is 5.32 Å². The lowest BCUT2D eigenvalue weighted by Gasteiger charge is -2.27. The molecule has 0 atom stereocenters. The molecular weight excluding hydrogens is 487 g/mol. The summed E-state index contributed by atoms with van der Waals surface area (Å²) in [6, 6.07) is 10.6. The molecule has 1 saturated heterocycles. The average molecular weight is 506 g/mol. The quantitative estimate of drug-likeness (QED) is 0.521. The van der Waals surface area contributed by atoms with Crippen LogP contribution in [-0.4, -0.2) is 50.0 Å². The molecule has 3 heterocycles. The maximum absolute atomic E-state index is 13.4. The second-order valence-electron chi connectivity index (χ2n) is 7.53. The van der Waals surface area contributed by atoms with E-state index < -0.39 is 29.1 Å². The summed E-state index contributed by atoms with van der Waals surface area (Å²) in [5.74, 6) is 0.776. The molecule has 0 saturated carbocycles. The molecule has 1 aliphatic rings. The first-order valence-corrected chi connectivity index (χ1v) is 12.4. The lowest BCUT2D eigenvalue weighted by Crippen LogP contribution is -2.45. The second-order valence-corrected chi connectivity index (χ2v) is 10.2. The fraction of sp³-hybridized carbons (Fsp3) is 0.273. The van der Waals surface area contributed by atoms with E-state index in [2.05, 4.69) is 15.3 Å². The summed E-state index contributed by atoms with van der Waals surface area (Å²) in [6.45, 7) is 2.15. The van der Waals surface area contributed by atoms with Gasteiger partial charge in [0.1, 0.15) is 17.2 Å². The largest absolute Gasteiger partial charge is 0.616 e. The Bertz CT molecular complexity index is 1260. The number of nitriles is 1. The number of hydrogen-bond donors (Lipinski definition) is 1. The molecule has 1 fully saturated rings. The van der Waals surface area contributed by atoms with Crippen LogP contribution in [0.1, 0.15) is 17.0 Å². The van der Waals surface area contributed by atoms with E-state index in [1.165, 1.54) is 17.9 Å². The van der Waals surface area contributed by atoms with Gasteiger partial charge in [-0.3, -0.25) is 5.32 Å². The highest BCUT2D eigenvalue weighted by atomic mass is 32.2. The van der Waals surface area contributed by atoms with E-state index >= 15 is 0 Å². The Labute approximate surface area is 200 Å². The van der Waals surface area contributed by atoms with E-state index in [1.54, 1.807) is 24.3 Å². The van der Waals surface area contributed by atoms with Gasteiger partial charge in [0.15, 0.2) is 5.13 Å². The highest BCUT2D eigenvalue weighted by Crippen LogP contribution is 2.41. The third-order valence-electron chi connectivity index (χ3n) is 5.08. The van der Waals surface area contributed by atoms with Gasteiger partial charge >= 0.3 is 12.2 Å². The van der Waals surface area contributed by atoms with Gasteiger partial charge in [0.05, 0.1) is 35.3 Å². The number of alkyl halides is 3. The standard InChI is InChI=1S/C22H18F3N5O2S2/c1-13-9-16(11-17(27-13)22(23,24)25)19-18(15-4-2-3-14(10-15)12-26)28-20(33-19)29-21(31)30-5-7-34(32)8-6-30/h2-4,9-11H,5-8H2,1H3,(H,28,29,31). The van der Waals surface area contributed by atoms with Crippen molar-refractivity contribution < 1.29 is 22.5 Å². The van der Waals surface area contributed by atoms with E-state index in [-0.39, 0.29) is 16.4 Å². The van der Waals surface area contributed by atoms with Gasteiger partial charge in [-0.15, -0.1) is 0 Å². The van der Waals surface area contributed by atoms with Gasteiger partial charge in [-0.1, -0.05) is 34.6 Å². The number of carbonyl (C=O) groups is 1.